The summed E-state index contributed by atoms with van der Waals surface area (Å²) in [6.07, 6.45) is -0.178. The summed E-state index contributed by atoms with van der Waals surface area (Å²) in [5.74, 6) is -0.121. The summed E-state index contributed by atoms with van der Waals surface area (Å²) in [7, 11) is 0. The molecule has 3 N–H and O–H groups in total. The number of hydrogen-bond acceptors (Lipinski definition) is 4. The van der Waals surface area contributed by atoms with E-state index >= 15 is 0 Å². The molecule has 0 bridgehead atoms. The predicted octanol–water partition coefficient (Wildman–Crippen LogP) is 4.79. The van der Waals surface area contributed by atoms with Crippen molar-refractivity contribution in [2.45, 2.75) is 46.3 Å². The van der Waals surface area contributed by atoms with E-state index in [1.54, 1.807) is 0 Å². The molecule has 0 unspecified atom stereocenters. The highest BCUT2D eigenvalue weighted by Crippen LogP contribution is 2.22. The van der Waals surface area contributed by atoms with E-state index in [2.05, 4.69) is 16.0 Å². The van der Waals surface area contributed by atoms with Crippen LogP contribution in [0.4, 0.5) is 16.2 Å². The first kappa shape index (κ1) is 22.3. The molecule has 2 rings (SSSR count). The van der Waals surface area contributed by atoms with Crippen molar-refractivity contribution in [3.05, 3.63) is 60.2 Å². The van der Waals surface area contributed by atoms with E-state index in [0.717, 1.165) is 16.9 Å². The van der Waals surface area contributed by atoms with Gasteiger partial charge in [0.2, 0.25) is 5.91 Å². The molecule has 0 aromatic heterocycles. The third-order valence-corrected chi connectivity index (χ3v) is 4.05. The SMILES string of the molecule is C[C@@H](CNC(=O)OC(C)(C)C)CC(=O)Nc1ccccc1NCc1ccccc1. The van der Waals surface area contributed by atoms with E-state index < -0.39 is 11.7 Å². The van der Waals surface area contributed by atoms with E-state index in [-0.39, 0.29) is 11.8 Å². The Labute approximate surface area is 173 Å². The normalized spacial score (nSPS) is 12.0. The first-order chi connectivity index (χ1) is 13.7. The molecule has 0 spiro atoms. The van der Waals surface area contributed by atoms with Crippen molar-refractivity contribution >= 4 is 23.4 Å². The number of carbonyl (C=O) groups is 2. The molecular formula is C23H31N3O3. The number of para-hydroxylation sites is 2. The van der Waals surface area contributed by atoms with E-state index in [1.807, 2.05) is 82.3 Å². The van der Waals surface area contributed by atoms with Crippen molar-refractivity contribution in [1.82, 2.24) is 5.32 Å². The molecule has 6 heteroatoms. The lowest BCUT2D eigenvalue weighted by atomic mass is 10.1. The van der Waals surface area contributed by atoms with Gasteiger partial charge >= 0.3 is 6.09 Å². The molecular weight excluding hydrogens is 366 g/mol. The Morgan fingerprint density at radius 2 is 1.59 bits per heavy atom. The second kappa shape index (κ2) is 10.5. The van der Waals surface area contributed by atoms with Crippen LogP contribution in [0.2, 0.25) is 0 Å². The van der Waals surface area contributed by atoms with Crippen LogP contribution in [-0.4, -0.2) is 24.1 Å². The predicted molar refractivity (Wildman–Crippen MR) is 117 cm³/mol. The smallest absolute Gasteiger partial charge is 0.407 e. The molecule has 1 atom stereocenters. The summed E-state index contributed by atoms with van der Waals surface area (Å²) in [6.45, 7) is 8.39. The fourth-order valence-corrected chi connectivity index (χ4v) is 2.70. The van der Waals surface area contributed by atoms with Gasteiger partial charge in [-0.25, -0.2) is 4.79 Å². The molecule has 6 nitrogen and oxygen atoms in total. The lowest BCUT2D eigenvalue weighted by Gasteiger charge is -2.20. The number of carbonyl (C=O) groups excluding carboxylic acids is 2. The molecule has 0 heterocycles. The number of nitrogens with one attached hydrogen (secondary N) is 3. The highest BCUT2D eigenvalue weighted by atomic mass is 16.6. The summed E-state index contributed by atoms with van der Waals surface area (Å²) >= 11 is 0. The summed E-state index contributed by atoms with van der Waals surface area (Å²) in [6, 6.07) is 17.7. The number of anilines is 2. The van der Waals surface area contributed by atoms with Gasteiger partial charge in [0.15, 0.2) is 0 Å². The van der Waals surface area contributed by atoms with Crippen LogP contribution in [0.25, 0.3) is 0 Å². The number of rotatable bonds is 8. The maximum Gasteiger partial charge on any atom is 0.407 e. The van der Waals surface area contributed by atoms with E-state index in [0.29, 0.717) is 19.5 Å². The monoisotopic (exact) mass is 397 g/mol. The lowest BCUT2D eigenvalue weighted by Crippen LogP contribution is -2.35. The van der Waals surface area contributed by atoms with Crippen LogP contribution in [0, 0.1) is 5.92 Å². The molecule has 2 aromatic carbocycles. The van der Waals surface area contributed by atoms with Crippen LogP contribution in [-0.2, 0) is 16.1 Å². The summed E-state index contributed by atoms with van der Waals surface area (Å²) in [5.41, 5.74) is 2.22. The Balaban J connectivity index is 1.83. The molecule has 0 aliphatic rings. The summed E-state index contributed by atoms with van der Waals surface area (Å²) < 4.78 is 5.21. The van der Waals surface area contributed by atoms with Gasteiger partial charge in [0.1, 0.15) is 5.60 Å². The van der Waals surface area contributed by atoms with Gasteiger partial charge in [-0.3, -0.25) is 4.79 Å². The van der Waals surface area contributed by atoms with Gasteiger partial charge < -0.3 is 20.7 Å². The maximum absolute atomic E-state index is 12.4. The zero-order valence-corrected chi connectivity index (χ0v) is 17.6. The quantitative estimate of drug-likeness (QED) is 0.598. The van der Waals surface area contributed by atoms with Crippen LogP contribution in [0.1, 0.15) is 39.7 Å². The first-order valence-corrected chi connectivity index (χ1v) is 9.86. The van der Waals surface area contributed by atoms with Crippen molar-refractivity contribution in [2.24, 2.45) is 5.92 Å². The lowest BCUT2D eigenvalue weighted by molar-refractivity contribution is -0.117. The first-order valence-electron chi connectivity index (χ1n) is 9.86. The minimum Gasteiger partial charge on any atom is -0.444 e. The second-order valence-electron chi connectivity index (χ2n) is 8.13. The van der Waals surface area contributed by atoms with Crippen LogP contribution in [0.15, 0.2) is 54.6 Å². The molecule has 0 fully saturated rings. The molecule has 0 saturated heterocycles. The van der Waals surface area contributed by atoms with Gasteiger partial charge in [-0.05, 0) is 44.4 Å². The number of alkyl carbamates (subject to hydrolysis) is 1. The average molecular weight is 398 g/mol. The summed E-state index contributed by atoms with van der Waals surface area (Å²) in [4.78, 5) is 24.2. The number of hydrogen-bond donors (Lipinski definition) is 3. The number of ether oxygens (including phenoxy) is 1. The molecule has 0 aliphatic heterocycles. The van der Waals surface area contributed by atoms with Crippen molar-refractivity contribution in [3.8, 4) is 0 Å². The van der Waals surface area contributed by atoms with E-state index in [9.17, 15) is 9.59 Å². The third-order valence-electron chi connectivity index (χ3n) is 4.05. The van der Waals surface area contributed by atoms with Gasteiger partial charge in [-0.2, -0.15) is 0 Å². The van der Waals surface area contributed by atoms with Crippen molar-refractivity contribution in [3.63, 3.8) is 0 Å². The fourth-order valence-electron chi connectivity index (χ4n) is 2.70. The number of amides is 2. The van der Waals surface area contributed by atoms with Gasteiger partial charge in [0.25, 0.3) is 0 Å². The van der Waals surface area contributed by atoms with Crippen LogP contribution in [0.5, 0.6) is 0 Å². The molecule has 2 amide bonds. The molecule has 0 aliphatic carbocycles. The third kappa shape index (κ3) is 8.68. The van der Waals surface area contributed by atoms with Gasteiger partial charge in [0.05, 0.1) is 11.4 Å². The minimum atomic E-state index is -0.541. The zero-order chi connectivity index (χ0) is 21.3. The molecule has 0 saturated carbocycles. The largest absolute Gasteiger partial charge is 0.444 e. The molecule has 29 heavy (non-hydrogen) atoms. The number of benzene rings is 2. The molecule has 156 valence electrons. The van der Waals surface area contributed by atoms with Crippen molar-refractivity contribution in [1.29, 1.82) is 0 Å². The summed E-state index contributed by atoms with van der Waals surface area (Å²) in [5, 5.41) is 9.02. The van der Waals surface area contributed by atoms with Gasteiger partial charge in [-0.15, -0.1) is 0 Å². The van der Waals surface area contributed by atoms with Crippen LogP contribution in [0.3, 0.4) is 0 Å². The highest BCUT2D eigenvalue weighted by Gasteiger charge is 2.17. The topological polar surface area (TPSA) is 79.5 Å². The Kier molecular flexibility index (Phi) is 8.07. The standard InChI is InChI=1S/C23H31N3O3/c1-17(15-25-22(28)29-23(2,3)4)14-21(27)26-20-13-9-8-12-19(20)24-16-18-10-6-5-7-11-18/h5-13,17,24H,14-16H2,1-4H3,(H,25,28)(H,26,27)/t17-/m1/s1. The van der Waals surface area contributed by atoms with Gasteiger partial charge in [-0.1, -0.05) is 49.4 Å². The minimum absolute atomic E-state index is 0.0213. The Morgan fingerprint density at radius 3 is 2.24 bits per heavy atom. The Hall–Kier alpha value is -3.02. The molecule has 0 radical (unpaired) electrons. The van der Waals surface area contributed by atoms with E-state index in [4.69, 9.17) is 4.74 Å². The average Bonchev–Trinajstić information content (AvgIpc) is 2.65. The van der Waals surface area contributed by atoms with Crippen molar-refractivity contribution in [2.75, 3.05) is 17.2 Å². The maximum atomic E-state index is 12.4. The molecule has 2 aromatic rings. The Bertz CT molecular complexity index is 801. The van der Waals surface area contributed by atoms with Crippen molar-refractivity contribution < 1.29 is 14.3 Å². The highest BCUT2D eigenvalue weighted by molar-refractivity contribution is 5.94. The second-order valence-corrected chi connectivity index (χ2v) is 8.13. The fraction of sp³-hybridized carbons (Fsp3) is 0.391. The van der Waals surface area contributed by atoms with E-state index in [1.165, 1.54) is 0 Å². The van der Waals surface area contributed by atoms with Gasteiger partial charge in [0, 0.05) is 19.5 Å². The zero-order valence-electron chi connectivity index (χ0n) is 17.6. The van der Waals surface area contributed by atoms with Crippen LogP contribution < -0.4 is 16.0 Å². The van der Waals surface area contributed by atoms with Crippen LogP contribution >= 0.6 is 0 Å². The Morgan fingerprint density at radius 1 is 0.966 bits per heavy atom.